The molecule has 17 heavy (non-hydrogen) atoms. The van der Waals surface area contributed by atoms with Gasteiger partial charge in [-0.1, -0.05) is 75.9 Å². The lowest BCUT2D eigenvalue weighted by Gasteiger charge is -2.20. The predicted octanol–water partition coefficient (Wildman–Crippen LogP) is 5.25. The Labute approximate surface area is 105 Å². The SMILES string of the molecule is C=C/C(=C\C(=C/C)c1ccccc1)C(C)(C)C. The van der Waals surface area contributed by atoms with Crippen molar-refractivity contribution in [1.29, 1.82) is 0 Å². The number of benzene rings is 1. The Kier molecular flexibility index (Phi) is 4.51. The van der Waals surface area contributed by atoms with Crippen molar-refractivity contribution in [3.8, 4) is 0 Å². The molecule has 0 bridgehead atoms. The van der Waals surface area contributed by atoms with Crippen molar-refractivity contribution >= 4 is 5.57 Å². The minimum Gasteiger partial charge on any atom is -0.0988 e. The molecule has 0 fully saturated rings. The van der Waals surface area contributed by atoms with Gasteiger partial charge in [-0.2, -0.15) is 0 Å². The van der Waals surface area contributed by atoms with Crippen LogP contribution in [0.2, 0.25) is 0 Å². The van der Waals surface area contributed by atoms with Gasteiger partial charge in [0.2, 0.25) is 0 Å². The zero-order valence-corrected chi connectivity index (χ0v) is 11.3. The van der Waals surface area contributed by atoms with E-state index in [9.17, 15) is 0 Å². The molecule has 0 aromatic heterocycles. The van der Waals surface area contributed by atoms with Crippen LogP contribution in [0, 0.1) is 5.41 Å². The zero-order chi connectivity index (χ0) is 12.9. The van der Waals surface area contributed by atoms with Gasteiger partial charge in [0.05, 0.1) is 0 Å². The standard InChI is InChI=1S/C17H22/c1-6-14(15-11-9-8-10-12-15)13-16(7-2)17(3,4)5/h6-13H,2H2,1,3-5H3/b14-6+,16-13+. The maximum absolute atomic E-state index is 3.91. The van der Waals surface area contributed by atoms with E-state index in [2.05, 4.69) is 70.7 Å². The molecule has 0 aliphatic carbocycles. The van der Waals surface area contributed by atoms with E-state index in [1.807, 2.05) is 12.1 Å². The largest absolute Gasteiger partial charge is 0.0988 e. The molecule has 0 heteroatoms. The molecule has 0 aliphatic heterocycles. The van der Waals surface area contributed by atoms with E-state index in [4.69, 9.17) is 0 Å². The van der Waals surface area contributed by atoms with E-state index in [-0.39, 0.29) is 5.41 Å². The van der Waals surface area contributed by atoms with Crippen LogP contribution in [-0.4, -0.2) is 0 Å². The van der Waals surface area contributed by atoms with Gasteiger partial charge in [-0.15, -0.1) is 0 Å². The van der Waals surface area contributed by atoms with E-state index < -0.39 is 0 Å². The molecular formula is C17H22. The third-order valence-corrected chi connectivity index (χ3v) is 2.82. The fourth-order valence-corrected chi connectivity index (χ4v) is 1.71. The number of rotatable bonds is 3. The van der Waals surface area contributed by atoms with Crippen LogP contribution in [0.5, 0.6) is 0 Å². The summed E-state index contributed by atoms with van der Waals surface area (Å²) in [6.45, 7) is 12.6. The molecule has 0 aliphatic rings. The van der Waals surface area contributed by atoms with Crippen molar-refractivity contribution in [2.24, 2.45) is 5.41 Å². The van der Waals surface area contributed by atoms with Gasteiger partial charge in [0.1, 0.15) is 0 Å². The van der Waals surface area contributed by atoms with Crippen molar-refractivity contribution in [2.75, 3.05) is 0 Å². The zero-order valence-electron chi connectivity index (χ0n) is 11.3. The molecular weight excluding hydrogens is 204 g/mol. The molecule has 0 unspecified atom stereocenters. The average molecular weight is 226 g/mol. The topological polar surface area (TPSA) is 0 Å². The van der Waals surface area contributed by atoms with E-state index in [1.54, 1.807) is 0 Å². The highest BCUT2D eigenvalue weighted by molar-refractivity contribution is 5.75. The molecule has 0 saturated heterocycles. The lowest BCUT2D eigenvalue weighted by molar-refractivity contribution is 0.517. The Morgan fingerprint density at radius 3 is 2.12 bits per heavy atom. The Balaban J connectivity index is 3.15. The first-order chi connectivity index (χ1) is 7.99. The second-order valence-corrected chi connectivity index (χ2v) is 5.16. The van der Waals surface area contributed by atoms with Crippen molar-refractivity contribution < 1.29 is 0 Å². The molecule has 90 valence electrons. The van der Waals surface area contributed by atoms with Crippen molar-refractivity contribution in [3.05, 3.63) is 66.3 Å². The molecule has 0 nitrogen and oxygen atoms in total. The van der Waals surface area contributed by atoms with Crippen LogP contribution in [-0.2, 0) is 0 Å². The first kappa shape index (κ1) is 13.5. The van der Waals surface area contributed by atoms with E-state index in [0.29, 0.717) is 0 Å². The van der Waals surface area contributed by atoms with Gasteiger partial charge in [-0.25, -0.2) is 0 Å². The summed E-state index contributed by atoms with van der Waals surface area (Å²) < 4.78 is 0. The summed E-state index contributed by atoms with van der Waals surface area (Å²) in [5, 5.41) is 0. The van der Waals surface area contributed by atoms with Crippen LogP contribution in [0.25, 0.3) is 5.57 Å². The number of hydrogen-bond acceptors (Lipinski definition) is 0. The van der Waals surface area contributed by atoms with Crippen LogP contribution < -0.4 is 0 Å². The van der Waals surface area contributed by atoms with E-state index >= 15 is 0 Å². The molecule has 0 saturated carbocycles. The monoisotopic (exact) mass is 226 g/mol. The van der Waals surface area contributed by atoms with Gasteiger partial charge in [-0.05, 0) is 29.0 Å². The maximum Gasteiger partial charge on any atom is -0.0132 e. The first-order valence-electron chi connectivity index (χ1n) is 6.05. The summed E-state index contributed by atoms with van der Waals surface area (Å²) in [5.74, 6) is 0. The van der Waals surface area contributed by atoms with Gasteiger partial charge in [-0.3, -0.25) is 0 Å². The molecule has 0 heterocycles. The summed E-state index contributed by atoms with van der Waals surface area (Å²) in [4.78, 5) is 0. The molecule has 0 spiro atoms. The highest BCUT2D eigenvalue weighted by atomic mass is 14.2. The average Bonchev–Trinajstić information content (AvgIpc) is 2.30. The van der Waals surface area contributed by atoms with Crippen molar-refractivity contribution in [3.63, 3.8) is 0 Å². The lowest BCUT2D eigenvalue weighted by Crippen LogP contribution is -2.07. The summed E-state index contributed by atoms with van der Waals surface area (Å²) >= 11 is 0. The summed E-state index contributed by atoms with van der Waals surface area (Å²) in [6.07, 6.45) is 6.32. The number of allylic oxidation sites excluding steroid dienone is 5. The van der Waals surface area contributed by atoms with Crippen LogP contribution in [0.1, 0.15) is 33.3 Å². The highest BCUT2D eigenvalue weighted by Gasteiger charge is 2.14. The maximum atomic E-state index is 3.91. The van der Waals surface area contributed by atoms with Crippen LogP contribution in [0.3, 0.4) is 0 Å². The summed E-state index contributed by atoms with van der Waals surface area (Å²) in [5.41, 5.74) is 3.88. The molecule has 0 amide bonds. The fraction of sp³-hybridized carbons (Fsp3) is 0.294. The van der Waals surface area contributed by atoms with Crippen LogP contribution in [0.15, 0.2) is 60.7 Å². The number of hydrogen-bond donors (Lipinski definition) is 0. The normalized spacial score (nSPS) is 13.6. The van der Waals surface area contributed by atoms with Crippen molar-refractivity contribution in [1.82, 2.24) is 0 Å². The Bertz CT molecular complexity index is 425. The molecule has 0 N–H and O–H groups in total. The second kappa shape index (κ2) is 5.67. The highest BCUT2D eigenvalue weighted by Crippen LogP contribution is 2.29. The minimum absolute atomic E-state index is 0.130. The molecule has 0 atom stereocenters. The molecule has 0 radical (unpaired) electrons. The minimum atomic E-state index is 0.130. The second-order valence-electron chi connectivity index (χ2n) is 5.16. The van der Waals surface area contributed by atoms with Crippen LogP contribution >= 0.6 is 0 Å². The molecule has 1 aromatic carbocycles. The predicted molar refractivity (Wildman–Crippen MR) is 77.8 cm³/mol. The smallest absolute Gasteiger partial charge is 0.0132 e. The third-order valence-electron chi connectivity index (χ3n) is 2.82. The fourth-order valence-electron chi connectivity index (χ4n) is 1.71. The molecule has 1 aromatic rings. The summed E-state index contributed by atoms with van der Waals surface area (Å²) in [7, 11) is 0. The Morgan fingerprint density at radius 1 is 1.12 bits per heavy atom. The third kappa shape index (κ3) is 3.74. The lowest BCUT2D eigenvalue weighted by atomic mass is 9.84. The van der Waals surface area contributed by atoms with Gasteiger partial charge in [0, 0.05) is 0 Å². The summed E-state index contributed by atoms with van der Waals surface area (Å²) in [6, 6.07) is 10.4. The van der Waals surface area contributed by atoms with Gasteiger partial charge in [0.25, 0.3) is 0 Å². The van der Waals surface area contributed by atoms with Crippen molar-refractivity contribution in [2.45, 2.75) is 27.7 Å². The van der Waals surface area contributed by atoms with Crippen LogP contribution in [0.4, 0.5) is 0 Å². The van der Waals surface area contributed by atoms with E-state index in [0.717, 1.165) is 0 Å². The first-order valence-corrected chi connectivity index (χ1v) is 6.05. The van der Waals surface area contributed by atoms with Gasteiger partial charge < -0.3 is 0 Å². The van der Waals surface area contributed by atoms with E-state index in [1.165, 1.54) is 16.7 Å². The molecule has 1 rings (SSSR count). The van der Waals surface area contributed by atoms with Gasteiger partial charge >= 0.3 is 0 Å². The van der Waals surface area contributed by atoms with Gasteiger partial charge in [0.15, 0.2) is 0 Å². The quantitative estimate of drug-likeness (QED) is 0.618. The Morgan fingerprint density at radius 2 is 1.71 bits per heavy atom. The Hall–Kier alpha value is -1.56.